The molecular weight excluding hydrogens is 278 g/mol. The van der Waals surface area contributed by atoms with Gasteiger partial charge in [-0.05, 0) is 19.9 Å². The predicted octanol–water partition coefficient (Wildman–Crippen LogP) is 2.12. The topological polar surface area (TPSA) is 43.8 Å². The van der Waals surface area contributed by atoms with E-state index in [1.807, 2.05) is 11.8 Å². The highest BCUT2D eigenvalue weighted by Gasteiger charge is 2.28. The first kappa shape index (κ1) is 15.9. The average molecular weight is 298 g/mol. The van der Waals surface area contributed by atoms with Crippen LogP contribution < -0.4 is 0 Å². The average Bonchev–Trinajstić information content (AvgIpc) is 2.46. The molecule has 2 atom stereocenters. The molecule has 1 aliphatic heterocycles. The van der Waals surface area contributed by atoms with Crippen molar-refractivity contribution in [3.8, 4) is 0 Å². The van der Waals surface area contributed by atoms with E-state index in [-0.39, 0.29) is 6.04 Å². The van der Waals surface area contributed by atoms with Gasteiger partial charge in [-0.2, -0.15) is 0 Å². The third kappa shape index (κ3) is 3.57. The van der Waals surface area contributed by atoms with Crippen molar-refractivity contribution in [2.24, 2.45) is 0 Å². The Morgan fingerprint density at radius 3 is 2.24 bits per heavy atom. The van der Waals surface area contributed by atoms with Crippen molar-refractivity contribution in [3.63, 3.8) is 0 Å². The van der Waals surface area contributed by atoms with E-state index in [9.17, 15) is 13.6 Å². The first-order valence-electron chi connectivity index (χ1n) is 7.06. The summed E-state index contributed by atoms with van der Waals surface area (Å²) in [7, 11) is 0. The van der Waals surface area contributed by atoms with Crippen molar-refractivity contribution in [2.75, 3.05) is 26.2 Å². The van der Waals surface area contributed by atoms with E-state index in [2.05, 4.69) is 4.90 Å². The van der Waals surface area contributed by atoms with Crippen molar-refractivity contribution >= 4 is 5.97 Å². The van der Waals surface area contributed by atoms with Gasteiger partial charge in [0.1, 0.15) is 17.7 Å². The second-order valence-electron chi connectivity index (χ2n) is 5.43. The second kappa shape index (κ2) is 6.49. The van der Waals surface area contributed by atoms with Crippen molar-refractivity contribution in [2.45, 2.75) is 25.9 Å². The summed E-state index contributed by atoms with van der Waals surface area (Å²) < 4.78 is 26.8. The molecule has 1 saturated heterocycles. The molecule has 1 aliphatic rings. The van der Waals surface area contributed by atoms with Gasteiger partial charge in [0.05, 0.1) is 0 Å². The molecule has 0 bridgehead atoms. The lowest BCUT2D eigenvalue weighted by atomic mass is 10.0. The lowest BCUT2D eigenvalue weighted by Gasteiger charge is -2.39. The first-order valence-corrected chi connectivity index (χ1v) is 7.06. The number of benzene rings is 1. The van der Waals surface area contributed by atoms with Gasteiger partial charge < -0.3 is 5.11 Å². The molecule has 0 saturated carbocycles. The van der Waals surface area contributed by atoms with Gasteiger partial charge in [0.25, 0.3) is 0 Å². The third-order valence-electron chi connectivity index (χ3n) is 4.21. The Labute approximate surface area is 123 Å². The number of piperazine rings is 1. The van der Waals surface area contributed by atoms with E-state index in [1.54, 1.807) is 6.92 Å². The fraction of sp³-hybridized carbons (Fsp3) is 0.533. The van der Waals surface area contributed by atoms with Crippen LogP contribution in [0, 0.1) is 11.6 Å². The third-order valence-corrected chi connectivity index (χ3v) is 4.21. The molecule has 21 heavy (non-hydrogen) atoms. The second-order valence-corrected chi connectivity index (χ2v) is 5.43. The Morgan fingerprint density at radius 1 is 1.14 bits per heavy atom. The van der Waals surface area contributed by atoms with Crippen LogP contribution in [0.5, 0.6) is 0 Å². The van der Waals surface area contributed by atoms with Crippen LogP contribution >= 0.6 is 0 Å². The molecular formula is C15H20F2N2O2. The van der Waals surface area contributed by atoms with Gasteiger partial charge in [0, 0.05) is 43.9 Å². The molecule has 0 aliphatic carbocycles. The van der Waals surface area contributed by atoms with E-state index in [1.165, 1.54) is 12.1 Å². The Morgan fingerprint density at radius 2 is 1.71 bits per heavy atom. The quantitative estimate of drug-likeness (QED) is 0.924. The van der Waals surface area contributed by atoms with Crippen molar-refractivity contribution in [3.05, 3.63) is 35.4 Å². The fourth-order valence-electron chi connectivity index (χ4n) is 2.71. The first-order chi connectivity index (χ1) is 9.90. The normalized spacial score (nSPS) is 20.2. The number of hydrogen-bond donors (Lipinski definition) is 1. The standard InChI is InChI=1S/C15H20F2N2O2/c1-10(13-4-3-12(16)9-14(13)17)18-5-7-19(8-6-18)11(2)15(20)21/h3-4,9-11H,5-8H2,1-2H3,(H,20,21)/t10-,11-/m0/s1. The molecule has 1 heterocycles. The van der Waals surface area contributed by atoms with Gasteiger partial charge in [0.2, 0.25) is 0 Å². The molecule has 2 rings (SSSR count). The highest BCUT2D eigenvalue weighted by atomic mass is 19.1. The van der Waals surface area contributed by atoms with E-state index in [0.717, 1.165) is 6.07 Å². The molecule has 4 nitrogen and oxygen atoms in total. The van der Waals surface area contributed by atoms with Crippen LogP contribution in [-0.2, 0) is 4.79 Å². The Bertz CT molecular complexity index is 516. The van der Waals surface area contributed by atoms with Gasteiger partial charge in [0.15, 0.2) is 0 Å². The maximum atomic E-state index is 13.8. The molecule has 6 heteroatoms. The van der Waals surface area contributed by atoms with Crippen LogP contribution in [0.4, 0.5) is 8.78 Å². The van der Waals surface area contributed by atoms with Crippen molar-refractivity contribution in [1.82, 2.24) is 9.80 Å². The van der Waals surface area contributed by atoms with Crippen LogP contribution in [0.1, 0.15) is 25.5 Å². The number of rotatable bonds is 4. The van der Waals surface area contributed by atoms with Crippen molar-refractivity contribution in [1.29, 1.82) is 0 Å². The zero-order valence-corrected chi connectivity index (χ0v) is 12.2. The van der Waals surface area contributed by atoms with E-state index in [4.69, 9.17) is 5.11 Å². The van der Waals surface area contributed by atoms with Crippen LogP contribution in [0.2, 0.25) is 0 Å². The summed E-state index contributed by atoms with van der Waals surface area (Å²) in [5, 5.41) is 9.01. The van der Waals surface area contributed by atoms with Gasteiger partial charge >= 0.3 is 5.97 Å². The zero-order chi connectivity index (χ0) is 15.6. The van der Waals surface area contributed by atoms with Crippen LogP contribution in [-0.4, -0.2) is 53.1 Å². The number of hydrogen-bond acceptors (Lipinski definition) is 3. The van der Waals surface area contributed by atoms with Crippen molar-refractivity contribution < 1.29 is 18.7 Å². The van der Waals surface area contributed by atoms with Gasteiger partial charge in [-0.25, -0.2) is 8.78 Å². The van der Waals surface area contributed by atoms with E-state index >= 15 is 0 Å². The van der Waals surface area contributed by atoms with Crippen LogP contribution in [0.25, 0.3) is 0 Å². The minimum Gasteiger partial charge on any atom is -0.480 e. The van der Waals surface area contributed by atoms with Crippen LogP contribution in [0.3, 0.4) is 0 Å². The number of nitrogens with zero attached hydrogens (tertiary/aromatic N) is 2. The lowest BCUT2D eigenvalue weighted by Crippen LogP contribution is -2.52. The summed E-state index contributed by atoms with van der Waals surface area (Å²) in [6.45, 7) is 6.13. The van der Waals surface area contributed by atoms with Gasteiger partial charge in [-0.1, -0.05) is 6.07 Å². The smallest absolute Gasteiger partial charge is 0.320 e. The predicted molar refractivity (Wildman–Crippen MR) is 75.0 cm³/mol. The largest absolute Gasteiger partial charge is 0.480 e. The number of carboxylic acid groups (broad SMARTS) is 1. The molecule has 0 radical (unpaired) electrons. The zero-order valence-electron chi connectivity index (χ0n) is 12.2. The maximum absolute atomic E-state index is 13.8. The molecule has 1 fully saturated rings. The number of halogens is 2. The van der Waals surface area contributed by atoms with Gasteiger partial charge in [-0.15, -0.1) is 0 Å². The van der Waals surface area contributed by atoms with Crippen LogP contribution in [0.15, 0.2) is 18.2 Å². The molecule has 116 valence electrons. The molecule has 1 aromatic rings. The Balaban J connectivity index is 2.00. The highest BCUT2D eigenvalue weighted by molar-refractivity contribution is 5.72. The highest BCUT2D eigenvalue weighted by Crippen LogP contribution is 2.25. The number of carboxylic acids is 1. The van der Waals surface area contributed by atoms with E-state index in [0.29, 0.717) is 31.7 Å². The number of aliphatic carboxylic acids is 1. The Hall–Kier alpha value is -1.53. The monoisotopic (exact) mass is 298 g/mol. The van der Waals surface area contributed by atoms with Gasteiger partial charge in [-0.3, -0.25) is 14.6 Å². The fourth-order valence-corrected chi connectivity index (χ4v) is 2.71. The SMILES string of the molecule is C[C@@H](C(=O)O)N1CCN([C@@H](C)c2ccc(F)cc2F)CC1. The summed E-state index contributed by atoms with van der Waals surface area (Å²) in [6.07, 6.45) is 0. The molecule has 0 spiro atoms. The molecule has 0 unspecified atom stereocenters. The Kier molecular flexibility index (Phi) is 4.90. The minimum absolute atomic E-state index is 0.159. The minimum atomic E-state index is -0.832. The lowest BCUT2D eigenvalue weighted by molar-refractivity contribution is -0.143. The summed E-state index contributed by atoms with van der Waals surface area (Å²) in [6, 6.07) is 2.96. The van der Waals surface area contributed by atoms with E-state index < -0.39 is 23.6 Å². The summed E-state index contributed by atoms with van der Waals surface area (Å²) in [5.74, 6) is -1.95. The molecule has 1 N–H and O–H groups in total. The number of carbonyl (C=O) groups is 1. The summed E-state index contributed by atoms with van der Waals surface area (Å²) >= 11 is 0. The maximum Gasteiger partial charge on any atom is 0.320 e. The summed E-state index contributed by atoms with van der Waals surface area (Å²) in [5.41, 5.74) is 0.469. The molecule has 1 aromatic carbocycles. The molecule has 0 aromatic heterocycles. The molecule has 0 amide bonds. The summed E-state index contributed by atoms with van der Waals surface area (Å²) in [4.78, 5) is 15.0.